The number of ether oxygens (including phenoxy) is 3. The number of carbonyl (C=O) groups is 7. The lowest BCUT2D eigenvalue weighted by atomic mass is 9.89. The minimum absolute atomic E-state index is 0.0543. The van der Waals surface area contributed by atoms with Gasteiger partial charge in [-0.25, -0.2) is 0 Å². The molecular formula is C64H59Cl2N9O17. The highest BCUT2D eigenvalue weighted by Crippen LogP contribution is 2.48. The Hall–Kier alpha value is -10.5. The molecule has 8 atom stereocenters. The van der Waals surface area contributed by atoms with Crippen LogP contribution in [-0.2, 0) is 40.0 Å². The van der Waals surface area contributed by atoms with E-state index in [1.807, 2.05) is 19.0 Å². The molecule has 6 aliphatic heterocycles. The van der Waals surface area contributed by atoms with Crippen LogP contribution in [0.1, 0.15) is 81.7 Å². The van der Waals surface area contributed by atoms with E-state index in [1.54, 1.807) is 12.1 Å². The third-order valence-electron chi connectivity index (χ3n) is 15.8. The monoisotopic (exact) mass is 1300 g/mol. The van der Waals surface area contributed by atoms with Crippen molar-refractivity contribution in [1.29, 1.82) is 0 Å². The molecule has 7 amide bonds. The summed E-state index contributed by atoms with van der Waals surface area (Å²) in [6.07, 6.45) is -1.91. The number of hydrogen-bond acceptors (Lipinski definition) is 19. The zero-order chi connectivity index (χ0) is 65.6. The Labute approximate surface area is 533 Å². The summed E-state index contributed by atoms with van der Waals surface area (Å²) >= 11 is 13.8. The van der Waals surface area contributed by atoms with Crippen LogP contribution in [0.15, 0.2) is 115 Å². The van der Waals surface area contributed by atoms with Gasteiger partial charge in [0, 0.05) is 41.8 Å². The highest BCUT2D eigenvalue weighted by molar-refractivity contribution is 6.33. The second kappa shape index (κ2) is 25.8. The summed E-state index contributed by atoms with van der Waals surface area (Å²) in [6, 6.07) is 10.6. The van der Waals surface area contributed by atoms with Gasteiger partial charge >= 0.3 is 0 Å². The van der Waals surface area contributed by atoms with Crippen molar-refractivity contribution in [2.75, 3.05) is 34.2 Å². The number of fused-ring (bicyclic) bond motifs is 14. The van der Waals surface area contributed by atoms with Gasteiger partial charge in [0.2, 0.25) is 47.1 Å². The predicted octanol–water partition coefficient (Wildman–Crippen LogP) is 5.23. The fraction of sp³-hybridized carbons (Fsp3) is 0.234. The van der Waals surface area contributed by atoms with Crippen molar-refractivity contribution < 1.29 is 83.5 Å². The number of aliphatic hydroxyl groups excluding tert-OH is 1. The Morgan fingerprint density at radius 2 is 1.21 bits per heavy atom. The van der Waals surface area contributed by atoms with E-state index in [1.165, 1.54) is 61.6 Å². The maximum absolute atomic E-state index is 15.9. The van der Waals surface area contributed by atoms with Gasteiger partial charge in [-0.1, -0.05) is 53.5 Å². The molecule has 92 heavy (non-hydrogen) atoms. The molecule has 0 unspecified atom stereocenters. The summed E-state index contributed by atoms with van der Waals surface area (Å²) in [5, 5.41) is 102. The standard InChI is InChI=1S/C64H59Cl2N9O17/c1-67-50-29-8-13-41(78)45(20-29)91-34-25-37(49(66)43(80)26-34)54-63(88)71-52-31-21-46(90-33-10-5-27(6-11-33)17-39(58(83)72-54)69-60(50)85)57(82)47(22-31)92-44-14-9-30(19-38(44)65)56(81)55-64(89)73-53(59(84)68-15-4-16-75(2)3)36-23-32(76)24-42(79)48(36)35-18-28(7-12-40(35)77)51(61(86)74-55)70-62(52)87/h5-14,18-26,39,50-56,67,76-82H,4,15-17H2,1-3H3,(H,68,84)(H,69,85)(H,70,87)(H,71,88)(H,72,83)(H,73,89)(H,74,86)/t39-,50+,51-,52-,53-,54+,55+,56-/m1/s1. The number of halogens is 2. The van der Waals surface area contributed by atoms with Crippen LogP contribution in [0.5, 0.6) is 69.0 Å². The maximum atomic E-state index is 15.9. The zero-order valence-electron chi connectivity index (χ0n) is 48.8. The first-order chi connectivity index (χ1) is 43.9. The first-order valence-electron chi connectivity index (χ1n) is 28.6. The van der Waals surface area contributed by atoms with E-state index in [2.05, 4.69) is 42.5 Å². The van der Waals surface area contributed by atoms with E-state index in [9.17, 15) is 45.3 Å². The molecule has 0 fully saturated rings. The van der Waals surface area contributed by atoms with Crippen LogP contribution in [0.2, 0.25) is 10.0 Å². The summed E-state index contributed by atoms with van der Waals surface area (Å²) in [7, 11) is 5.11. The van der Waals surface area contributed by atoms with Crippen LogP contribution in [0.25, 0.3) is 11.1 Å². The molecular weight excluding hydrogens is 1240 g/mol. The summed E-state index contributed by atoms with van der Waals surface area (Å²) in [5.74, 6) is -13.0. The Balaban J connectivity index is 1.12. The lowest BCUT2D eigenvalue weighted by Gasteiger charge is -2.31. The van der Waals surface area contributed by atoms with Crippen LogP contribution < -0.4 is 56.7 Å². The predicted molar refractivity (Wildman–Crippen MR) is 328 cm³/mol. The van der Waals surface area contributed by atoms with Crippen molar-refractivity contribution in [2.24, 2.45) is 0 Å². The summed E-state index contributed by atoms with van der Waals surface area (Å²) in [5.41, 5.74) is -1.26. The van der Waals surface area contributed by atoms with Crippen LogP contribution >= 0.6 is 23.2 Å². The van der Waals surface area contributed by atoms with E-state index >= 15 is 24.0 Å². The summed E-state index contributed by atoms with van der Waals surface area (Å²) in [6.45, 7) is 0.582. The number of amides is 7. The number of phenolic OH excluding ortho intramolecular Hbond substituents is 6. The van der Waals surface area contributed by atoms with E-state index in [0.29, 0.717) is 18.5 Å². The largest absolute Gasteiger partial charge is 0.508 e. The number of carbonyl (C=O) groups excluding carboxylic acids is 7. The molecule has 476 valence electrons. The molecule has 7 aromatic carbocycles. The van der Waals surface area contributed by atoms with E-state index in [4.69, 9.17) is 37.4 Å². The number of hydrogen-bond donors (Lipinski definition) is 15. The lowest BCUT2D eigenvalue weighted by molar-refractivity contribution is -0.137. The van der Waals surface area contributed by atoms with Crippen molar-refractivity contribution in [3.05, 3.63) is 164 Å². The topological polar surface area (TPSA) is 388 Å². The minimum Gasteiger partial charge on any atom is -0.508 e. The molecule has 13 rings (SSSR count). The highest BCUT2D eigenvalue weighted by Gasteiger charge is 2.42. The zero-order valence-corrected chi connectivity index (χ0v) is 50.3. The molecule has 26 nitrogen and oxygen atoms in total. The quantitative estimate of drug-likeness (QED) is 0.0948. The molecule has 6 aliphatic rings. The third kappa shape index (κ3) is 12.8. The number of nitrogens with one attached hydrogen (secondary N) is 8. The second-order valence-corrected chi connectivity index (χ2v) is 23.2. The number of rotatable bonds is 6. The van der Waals surface area contributed by atoms with Crippen LogP contribution in [0.3, 0.4) is 0 Å². The third-order valence-corrected chi connectivity index (χ3v) is 16.5. The molecule has 0 saturated carbocycles. The Kier molecular flexibility index (Phi) is 17.7. The van der Waals surface area contributed by atoms with E-state index in [0.717, 1.165) is 48.5 Å². The molecule has 15 N–H and O–H groups in total. The number of aromatic hydroxyl groups is 6. The molecule has 0 aliphatic carbocycles. The number of likely N-dealkylation sites (N-methyl/N-ethyl adjacent to an activating group) is 1. The van der Waals surface area contributed by atoms with Gasteiger partial charge in [0.15, 0.2) is 23.0 Å². The lowest BCUT2D eigenvalue weighted by Crippen LogP contribution is -2.56. The molecule has 6 heterocycles. The van der Waals surface area contributed by atoms with Gasteiger partial charge in [-0.05, 0) is 140 Å². The van der Waals surface area contributed by atoms with E-state index < -0.39 is 141 Å². The fourth-order valence-electron chi connectivity index (χ4n) is 11.2. The first kappa shape index (κ1) is 63.1. The molecule has 7 aromatic rings. The van der Waals surface area contributed by atoms with E-state index in [-0.39, 0.29) is 85.5 Å². The van der Waals surface area contributed by atoms with Crippen LogP contribution in [0, 0.1) is 0 Å². The first-order valence-corrected chi connectivity index (χ1v) is 29.3. The maximum Gasteiger partial charge on any atom is 0.248 e. The smallest absolute Gasteiger partial charge is 0.248 e. The molecule has 0 radical (unpaired) electrons. The SMILES string of the molecule is CN[C@@H]1C(=O)N[C@@H]2Cc3ccc(cc3)Oc3cc4cc(c3O)Oc3ccc(cc3Cl)[C@@H](O)[C@@H]3NC(=O)[C@H](NC(=O)[C@@H]4NC(=O)[C@@H](NC2=O)c2cc(cc(O)c2Cl)Oc2cc1ccc2O)c1ccc(O)c(c1)-c1c(O)cc(O)cc1[C@H](C(=O)NCCCN(C)C)NC3=O. The summed E-state index contributed by atoms with van der Waals surface area (Å²) in [4.78, 5) is 108. The Morgan fingerprint density at radius 3 is 1.92 bits per heavy atom. The van der Waals surface area contributed by atoms with Gasteiger partial charge in [0.05, 0.1) is 10.0 Å². The number of nitrogens with zero attached hydrogens (tertiary/aromatic N) is 1. The molecule has 28 heteroatoms. The summed E-state index contributed by atoms with van der Waals surface area (Å²) < 4.78 is 18.6. The molecule has 0 aromatic heterocycles. The number of phenols is 6. The van der Waals surface area contributed by atoms with Gasteiger partial charge in [-0.15, -0.1) is 0 Å². The highest BCUT2D eigenvalue weighted by atomic mass is 35.5. The van der Waals surface area contributed by atoms with Gasteiger partial charge in [0.1, 0.15) is 88.6 Å². The average Bonchev–Trinajstić information content (AvgIpc) is 0.802. The second-order valence-electron chi connectivity index (χ2n) is 22.4. The van der Waals surface area contributed by atoms with Gasteiger partial charge in [-0.2, -0.15) is 0 Å². The van der Waals surface area contributed by atoms with Crippen molar-refractivity contribution in [3.63, 3.8) is 0 Å². The van der Waals surface area contributed by atoms with Gasteiger partial charge < -0.3 is 97.4 Å². The average molecular weight is 1300 g/mol. The fourth-order valence-corrected chi connectivity index (χ4v) is 11.6. The Bertz CT molecular complexity index is 4170. The molecule has 17 bridgehead atoms. The number of benzene rings is 7. The van der Waals surface area contributed by atoms with Crippen molar-refractivity contribution >= 4 is 64.6 Å². The normalized spacial score (nSPS) is 21.3. The van der Waals surface area contributed by atoms with Crippen LogP contribution in [0.4, 0.5) is 0 Å². The molecule has 0 spiro atoms. The van der Waals surface area contributed by atoms with Crippen molar-refractivity contribution in [1.82, 2.24) is 47.4 Å². The van der Waals surface area contributed by atoms with Crippen molar-refractivity contribution in [2.45, 2.75) is 61.2 Å². The van der Waals surface area contributed by atoms with Gasteiger partial charge in [-0.3, -0.25) is 33.6 Å². The van der Waals surface area contributed by atoms with Gasteiger partial charge in [0.25, 0.3) is 0 Å². The Morgan fingerprint density at radius 1 is 0.565 bits per heavy atom. The van der Waals surface area contributed by atoms with Crippen molar-refractivity contribution in [3.8, 4) is 80.1 Å². The minimum atomic E-state index is -2.16. The number of aliphatic hydroxyl groups is 1. The van der Waals surface area contributed by atoms with Crippen LogP contribution in [-0.4, -0.2) is 128 Å². The molecule has 0 saturated heterocycles.